The summed E-state index contributed by atoms with van der Waals surface area (Å²) in [5.74, 6) is -0.295. The molecule has 0 bridgehead atoms. The van der Waals surface area contributed by atoms with Crippen molar-refractivity contribution in [1.29, 1.82) is 0 Å². The monoisotopic (exact) mass is 643 g/mol. The van der Waals surface area contributed by atoms with Crippen LogP contribution in [0.5, 0.6) is 0 Å². The number of carbonyl (C=O) groups is 3. The molecule has 8 nitrogen and oxygen atoms in total. The molecule has 0 saturated carbocycles. The van der Waals surface area contributed by atoms with E-state index in [9.17, 15) is 19.5 Å². The fourth-order valence-corrected chi connectivity index (χ4v) is 8.12. The zero-order chi connectivity index (χ0) is 33.8. The Kier molecular flexibility index (Phi) is 7.95. The van der Waals surface area contributed by atoms with Crippen LogP contribution in [0.4, 0.5) is 0 Å². The topological polar surface area (TPSA) is 102 Å². The number of benzene rings is 3. The number of carboxylic acid groups (broad SMARTS) is 1. The predicted octanol–water partition coefficient (Wildman–Crippen LogP) is 7.69. The lowest BCUT2D eigenvalue weighted by Crippen LogP contribution is -2.48. The minimum Gasteiger partial charge on any atom is -0.478 e. The highest BCUT2D eigenvalue weighted by atomic mass is 16.5. The second-order valence-corrected chi connectivity index (χ2v) is 14.2. The van der Waals surface area contributed by atoms with Crippen molar-refractivity contribution in [3.63, 3.8) is 0 Å². The van der Waals surface area contributed by atoms with Crippen LogP contribution in [0.15, 0.2) is 84.5 Å². The second-order valence-electron chi connectivity index (χ2n) is 14.2. The minimum absolute atomic E-state index is 0.0160. The van der Waals surface area contributed by atoms with Gasteiger partial charge in [-0.05, 0) is 73.7 Å². The summed E-state index contributed by atoms with van der Waals surface area (Å²) in [5, 5.41) is 9.37. The highest BCUT2D eigenvalue weighted by molar-refractivity contribution is 6.02. The average Bonchev–Trinajstić information content (AvgIpc) is 3.72. The number of imidazole rings is 1. The van der Waals surface area contributed by atoms with Gasteiger partial charge >= 0.3 is 5.97 Å². The van der Waals surface area contributed by atoms with E-state index in [1.54, 1.807) is 19.1 Å². The molecule has 3 aliphatic rings. The van der Waals surface area contributed by atoms with Crippen LogP contribution in [0, 0.1) is 10.8 Å². The largest absolute Gasteiger partial charge is 0.478 e. The number of ether oxygens (including phenoxy) is 1. The third-order valence-electron chi connectivity index (χ3n) is 10.5. The molecule has 1 amide bonds. The van der Waals surface area contributed by atoms with Gasteiger partial charge in [-0.25, -0.2) is 9.78 Å². The molecule has 4 aromatic rings. The zero-order valence-corrected chi connectivity index (χ0v) is 28.0. The summed E-state index contributed by atoms with van der Waals surface area (Å²) in [6.07, 6.45) is 7.29. The molecule has 0 radical (unpaired) electrons. The van der Waals surface area contributed by atoms with Crippen molar-refractivity contribution < 1.29 is 24.2 Å². The van der Waals surface area contributed by atoms with E-state index in [1.165, 1.54) is 11.1 Å². The van der Waals surface area contributed by atoms with Crippen molar-refractivity contribution >= 4 is 34.3 Å². The lowest BCUT2D eigenvalue weighted by Gasteiger charge is -2.50. The molecular weight excluding hydrogens is 602 g/mol. The van der Waals surface area contributed by atoms with E-state index in [0.717, 1.165) is 48.0 Å². The van der Waals surface area contributed by atoms with Gasteiger partial charge in [-0.1, -0.05) is 68.8 Å². The molecule has 2 aliphatic heterocycles. The minimum atomic E-state index is -0.936. The maximum absolute atomic E-state index is 14.5. The third-order valence-corrected chi connectivity index (χ3v) is 10.5. The van der Waals surface area contributed by atoms with Gasteiger partial charge in [0.15, 0.2) is 5.78 Å². The molecule has 48 heavy (non-hydrogen) atoms. The molecule has 1 aliphatic carbocycles. The zero-order valence-electron chi connectivity index (χ0n) is 28.0. The number of nitrogens with zero attached hydrogens (tertiary/aromatic N) is 3. The molecule has 246 valence electrons. The normalized spacial score (nSPS) is 21.8. The molecule has 2 atom stereocenters. The molecule has 1 fully saturated rings. The molecule has 8 heteroatoms. The van der Waals surface area contributed by atoms with E-state index >= 15 is 0 Å². The second kappa shape index (κ2) is 12.0. The van der Waals surface area contributed by atoms with E-state index in [2.05, 4.69) is 37.5 Å². The van der Waals surface area contributed by atoms with Crippen molar-refractivity contribution in [3.05, 3.63) is 107 Å². The number of ketones is 1. The van der Waals surface area contributed by atoms with Crippen molar-refractivity contribution in [2.75, 3.05) is 19.7 Å². The quantitative estimate of drug-likeness (QED) is 0.164. The lowest BCUT2D eigenvalue weighted by atomic mass is 9.58. The summed E-state index contributed by atoms with van der Waals surface area (Å²) in [6.45, 7) is 10.6. The lowest BCUT2D eigenvalue weighted by molar-refractivity contribution is 0.0679. The summed E-state index contributed by atoms with van der Waals surface area (Å²) in [4.78, 5) is 45.1. The van der Waals surface area contributed by atoms with Gasteiger partial charge < -0.3 is 19.3 Å². The Bertz CT molecular complexity index is 2010. The first-order valence-corrected chi connectivity index (χ1v) is 16.7. The summed E-state index contributed by atoms with van der Waals surface area (Å²) < 4.78 is 8.17. The average molecular weight is 644 g/mol. The van der Waals surface area contributed by atoms with Gasteiger partial charge in [0, 0.05) is 41.7 Å². The maximum atomic E-state index is 14.5. The van der Waals surface area contributed by atoms with Gasteiger partial charge in [-0.15, -0.1) is 0 Å². The summed E-state index contributed by atoms with van der Waals surface area (Å²) in [5.41, 5.74) is 6.80. The molecule has 1 aromatic heterocycles. The van der Waals surface area contributed by atoms with Crippen LogP contribution >= 0.6 is 0 Å². The number of hydrogen-bond donors (Lipinski definition) is 1. The van der Waals surface area contributed by atoms with Gasteiger partial charge in [0.2, 0.25) is 0 Å². The Labute approximate surface area is 280 Å². The molecule has 1 saturated heterocycles. The fraction of sp³-hybridized carbons (Fsp3) is 0.350. The van der Waals surface area contributed by atoms with Crippen molar-refractivity contribution in [2.45, 2.75) is 59.6 Å². The molecular formula is C40H41N3O5. The number of hydrogen-bond acceptors (Lipinski definition) is 5. The van der Waals surface area contributed by atoms with Crippen LogP contribution in [0.1, 0.15) is 83.6 Å². The number of aromatic carboxylic acids is 1. The van der Waals surface area contributed by atoms with Gasteiger partial charge in [-0.3, -0.25) is 9.59 Å². The Hall–Kier alpha value is -4.82. The van der Waals surface area contributed by atoms with Crippen LogP contribution in [-0.4, -0.2) is 63.0 Å². The third kappa shape index (κ3) is 5.48. The molecule has 7 rings (SSSR count). The van der Waals surface area contributed by atoms with E-state index in [0.29, 0.717) is 36.6 Å². The fourth-order valence-electron chi connectivity index (χ4n) is 8.12. The van der Waals surface area contributed by atoms with Crippen molar-refractivity contribution in [3.8, 4) is 11.4 Å². The Balaban J connectivity index is 1.22. The number of amides is 1. The standard InChI is InChI=1S/C40H41N3O5/c1-25(44)28-15-16-34-33(22-28)41-36(43(34)23-29-8-7-21-48-29)30-9-5-6-10-31(30)37(45)42-20-18-35-39(2,3)32(17-19-40(35,4)24-42)26-11-13-27(14-12-26)38(46)47/h5-6,9-18,22,29H,7-8,19-21,23-24H2,1-4H3,(H,46,47)/t29?,40-/m1/s1. The molecule has 0 spiro atoms. The molecule has 3 aromatic carbocycles. The number of allylic oxidation sites excluding steroid dienone is 2. The predicted molar refractivity (Wildman–Crippen MR) is 186 cm³/mol. The van der Waals surface area contributed by atoms with Crippen molar-refractivity contribution in [2.24, 2.45) is 10.8 Å². The van der Waals surface area contributed by atoms with Crippen LogP contribution < -0.4 is 0 Å². The number of aromatic nitrogens is 2. The number of carboxylic acids is 1. The highest BCUT2D eigenvalue weighted by Gasteiger charge is 2.46. The number of Topliss-reactive ketones (excluding diaryl/α,β-unsaturated/α-hetero) is 1. The summed E-state index contributed by atoms with van der Waals surface area (Å²) in [7, 11) is 0. The van der Waals surface area contributed by atoms with Crippen LogP contribution in [0.2, 0.25) is 0 Å². The van der Waals surface area contributed by atoms with Crippen LogP contribution in [-0.2, 0) is 11.3 Å². The molecule has 1 unspecified atom stereocenters. The number of fused-ring (bicyclic) bond motifs is 2. The number of carbonyl (C=O) groups excluding carboxylic acids is 2. The Morgan fingerprint density at radius 3 is 2.44 bits per heavy atom. The van der Waals surface area contributed by atoms with Gasteiger partial charge in [0.1, 0.15) is 5.82 Å². The Morgan fingerprint density at radius 2 is 1.73 bits per heavy atom. The van der Waals surface area contributed by atoms with Gasteiger partial charge in [-0.2, -0.15) is 0 Å². The Morgan fingerprint density at radius 1 is 0.979 bits per heavy atom. The van der Waals surface area contributed by atoms with E-state index in [1.807, 2.05) is 59.5 Å². The van der Waals surface area contributed by atoms with E-state index in [-0.39, 0.29) is 34.2 Å². The van der Waals surface area contributed by atoms with E-state index in [4.69, 9.17) is 9.72 Å². The van der Waals surface area contributed by atoms with Crippen LogP contribution in [0.25, 0.3) is 28.0 Å². The van der Waals surface area contributed by atoms with Gasteiger partial charge in [0.25, 0.3) is 5.91 Å². The SMILES string of the molecule is CC(=O)c1ccc2c(c1)nc(-c1ccccc1C(=O)N1CC=C3C(C)(C)C(c4ccc(C(=O)O)cc4)=CC[C@]3(C)C1)n2CC1CCCO1. The maximum Gasteiger partial charge on any atom is 0.335 e. The van der Waals surface area contributed by atoms with Crippen LogP contribution in [0.3, 0.4) is 0 Å². The number of rotatable bonds is 7. The summed E-state index contributed by atoms with van der Waals surface area (Å²) in [6, 6.07) is 20.4. The smallest absolute Gasteiger partial charge is 0.335 e. The van der Waals surface area contributed by atoms with Gasteiger partial charge in [0.05, 0.1) is 34.8 Å². The first kappa shape index (κ1) is 31.8. The van der Waals surface area contributed by atoms with E-state index < -0.39 is 5.97 Å². The summed E-state index contributed by atoms with van der Waals surface area (Å²) >= 11 is 0. The first-order chi connectivity index (χ1) is 23.0. The highest BCUT2D eigenvalue weighted by Crippen LogP contribution is 2.55. The first-order valence-electron chi connectivity index (χ1n) is 16.7. The molecule has 1 N–H and O–H groups in total. The van der Waals surface area contributed by atoms with Crippen molar-refractivity contribution in [1.82, 2.24) is 14.5 Å². The molecule has 3 heterocycles.